The number of imide groups is 1. The molecule has 0 radical (unpaired) electrons. The Hall–Kier alpha value is -2.13. The monoisotopic (exact) mass is 294 g/mol. The third-order valence-corrected chi connectivity index (χ3v) is 2.63. The van der Waals surface area contributed by atoms with Crippen LogP contribution in [0.5, 0.6) is 0 Å². The topological polar surface area (TPSA) is 86.1 Å². The number of hydrogen-bond acceptors (Lipinski definition) is 4. The summed E-state index contributed by atoms with van der Waals surface area (Å²) in [6.45, 7) is 0.529. The average Bonchev–Trinajstić information content (AvgIpc) is 2.44. The summed E-state index contributed by atoms with van der Waals surface area (Å²) in [7, 11) is 0. The maximum atomic E-state index is 12.0. The van der Waals surface area contributed by atoms with Crippen molar-refractivity contribution >= 4 is 23.5 Å². The van der Waals surface area contributed by atoms with Crippen LogP contribution in [0.2, 0.25) is 0 Å². The number of halogens is 1. The van der Waals surface area contributed by atoms with Crippen LogP contribution in [0.15, 0.2) is 24.5 Å². The van der Waals surface area contributed by atoms with Crippen LogP contribution in [0.25, 0.3) is 0 Å². The number of carbonyl (C=O) groups excluding carboxylic acids is 2. The van der Waals surface area contributed by atoms with E-state index in [1.54, 1.807) is 18.5 Å². The van der Waals surface area contributed by atoms with Gasteiger partial charge in [-0.1, -0.05) is 6.07 Å². The van der Waals surface area contributed by atoms with Crippen molar-refractivity contribution in [1.29, 1.82) is 5.26 Å². The summed E-state index contributed by atoms with van der Waals surface area (Å²) in [5.41, 5.74) is 0.824. The lowest BCUT2D eigenvalue weighted by Gasteiger charge is -2.21. The molecular formula is C13H15ClN4O2. The second-order valence-electron chi connectivity index (χ2n) is 3.98. The Balaban J connectivity index is 2.66. The fraction of sp³-hybridized carbons (Fsp3) is 0.385. The molecule has 0 atom stereocenters. The van der Waals surface area contributed by atoms with Gasteiger partial charge in [-0.05, 0) is 11.6 Å². The van der Waals surface area contributed by atoms with Gasteiger partial charge in [0.1, 0.15) is 0 Å². The van der Waals surface area contributed by atoms with Crippen LogP contribution in [-0.4, -0.2) is 34.2 Å². The number of hydrogen-bond donors (Lipinski definition) is 1. The highest BCUT2D eigenvalue weighted by atomic mass is 35.5. The summed E-state index contributed by atoms with van der Waals surface area (Å²) < 4.78 is 0. The lowest BCUT2D eigenvalue weighted by molar-refractivity contribution is -0.119. The highest BCUT2D eigenvalue weighted by molar-refractivity contribution is 6.19. The third kappa shape index (κ3) is 5.67. The average molecular weight is 295 g/mol. The Morgan fingerprint density at radius 3 is 2.90 bits per heavy atom. The number of nitrogens with one attached hydrogen (secondary N) is 1. The molecule has 0 aliphatic heterocycles. The van der Waals surface area contributed by atoms with Gasteiger partial charge in [-0.15, -0.1) is 11.6 Å². The molecule has 0 saturated heterocycles. The zero-order valence-electron chi connectivity index (χ0n) is 10.9. The molecule has 6 nitrogen and oxygen atoms in total. The molecule has 0 bridgehead atoms. The summed E-state index contributed by atoms with van der Waals surface area (Å²) in [6.07, 6.45) is 3.53. The van der Waals surface area contributed by atoms with Gasteiger partial charge in [0.25, 0.3) is 0 Å². The highest BCUT2D eigenvalue weighted by Gasteiger charge is 2.16. The first kappa shape index (κ1) is 15.9. The lowest BCUT2D eigenvalue weighted by Crippen LogP contribution is -2.43. The van der Waals surface area contributed by atoms with Crippen LogP contribution in [0.3, 0.4) is 0 Å². The Morgan fingerprint density at radius 2 is 2.30 bits per heavy atom. The van der Waals surface area contributed by atoms with E-state index in [2.05, 4.69) is 10.3 Å². The van der Waals surface area contributed by atoms with Gasteiger partial charge in [-0.2, -0.15) is 5.26 Å². The van der Waals surface area contributed by atoms with Gasteiger partial charge in [-0.3, -0.25) is 15.1 Å². The van der Waals surface area contributed by atoms with E-state index >= 15 is 0 Å². The quantitative estimate of drug-likeness (QED) is 0.809. The van der Waals surface area contributed by atoms with E-state index in [0.717, 1.165) is 5.56 Å². The zero-order chi connectivity index (χ0) is 14.8. The molecule has 7 heteroatoms. The number of pyridine rings is 1. The second kappa shape index (κ2) is 8.88. The van der Waals surface area contributed by atoms with E-state index in [4.69, 9.17) is 16.9 Å². The summed E-state index contributed by atoms with van der Waals surface area (Å²) in [5, 5.41) is 10.9. The smallest absolute Gasteiger partial charge is 0.319 e. The standard InChI is InChI=1S/C13H15ClN4O2/c14-5-4-12(19)17-13(20)18(8-2-6-15)10-11-3-1-7-16-9-11/h1,3,7,9H,2,4-5,8,10H2,(H,17,19,20). The third-order valence-electron chi connectivity index (χ3n) is 2.44. The molecule has 1 aromatic heterocycles. The zero-order valence-corrected chi connectivity index (χ0v) is 11.6. The Kier molecular flexibility index (Phi) is 7.07. The fourth-order valence-corrected chi connectivity index (χ4v) is 1.67. The normalized spacial score (nSPS) is 9.60. The van der Waals surface area contributed by atoms with Crippen molar-refractivity contribution in [3.63, 3.8) is 0 Å². The van der Waals surface area contributed by atoms with Crippen molar-refractivity contribution in [2.24, 2.45) is 0 Å². The summed E-state index contributed by atoms with van der Waals surface area (Å²) in [4.78, 5) is 28.7. The van der Waals surface area contributed by atoms with Crippen LogP contribution >= 0.6 is 11.6 Å². The van der Waals surface area contributed by atoms with Gasteiger partial charge in [0.05, 0.1) is 12.5 Å². The first-order chi connectivity index (χ1) is 9.67. The van der Waals surface area contributed by atoms with Crippen LogP contribution in [0, 0.1) is 11.3 Å². The molecule has 1 rings (SSSR count). The maximum absolute atomic E-state index is 12.0. The van der Waals surface area contributed by atoms with Crippen molar-refractivity contribution < 1.29 is 9.59 Å². The first-order valence-electron chi connectivity index (χ1n) is 6.08. The molecule has 1 heterocycles. The SMILES string of the molecule is N#CCCN(Cc1cccnc1)C(=O)NC(=O)CCCl. The molecular weight excluding hydrogens is 280 g/mol. The lowest BCUT2D eigenvalue weighted by atomic mass is 10.2. The number of carbonyl (C=O) groups is 2. The molecule has 0 saturated carbocycles. The Labute approximate surface area is 122 Å². The van der Waals surface area contributed by atoms with Gasteiger partial charge < -0.3 is 4.90 Å². The van der Waals surface area contributed by atoms with E-state index in [0.29, 0.717) is 0 Å². The van der Waals surface area contributed by atoms with Crippen molar-refractivity contribution in [2.75, 3.05) is 12.4 Å². The number of aromatic nitrogens is 1. The number of nitriles is 1. The van der Waals surface area contributed by atoms with E-state index in [1.807, 2.05) is 12.1 Å². The van der Waals surface area contributed by atoms with Crippen LogP contribution in [0.1, 0.15) is 18.4 Å². The number of alkyl halides is 1. The molecule has 0 aromatic carbocycles. The molecule has 0 unspecified atom stereocenters. The van der Waals surface area contributed by atoms with Crippen molar-refractivity contribution in [1.82, 2.24) is 15.2 Å². The number of nitrogens with zero attached hydrogens (tertiary/aromatic N) is 3. The molecule has 0 fully saturated rings. The molecule has 0 spiro atoms. The van der Waals surface area contributed by atoms with Gasteiger partial charge in [-0.25, -0.2) is 4.79 Å². The van der Waals surface area contributed by atoms with Crippen molar-refractivity contribution in [3.8, 4) is 6.07 Å². The van der Waals surface area contributed by atoms with E-state index in [-0.39, 0.29) is 31.8 Å². The summed E-state index contributed by atoms with van der Waals surface area (Å²) >= 11 is 5.44. The molecule has 20 heavy (non-hydrogen) atoms. The number of urea groups is 1. The van der Waals surface area contributed by atoms with Gasteiger partial charge in [0, 0.05) is 37.8 Å². The van der Waals surface area contributed by atoms with Crippen molar-refractivity contribution in [3.05, 3.63) is 30.1 Å². The van der Waals surface area contributed by atoms with Crippen LogP contribution in [-0.2, 0) is 11.3 Å². The Morgan fingerprint density at radius 1 is 1.50 bits per heavy atom. The van der Waals surface area contributed by atoms with Gasteiger partial charge in [0.2, 0.25) is 5.91 Å². The predicted octanol–water partition coefficient (Wildman–Crippen LogP) is 1.66. The molecule has 0 aliphatic rings. The second-order valence-corrected chi connectivity index (χ2v) is 4.36. The predicted molar refractivity (Wildman–Crippen MR) is 73.8 cm³/mol. The van der Waals surface area contributed by atoms with Crippen LogP contribution in [0.4, 0.5) is 4.79 Å². The summed E-state index contributed by atoms with van der Waals surface area (Å²) in [5.74, 6) is -0.280. The van der Waals surface area contributed by atoms with E-state index in [1.165, 1.54) is 4.90 Å². The van der Waals surface area contributed by atoms with E-state index < -0.39 is 11.9 Å². The van der Waals surface area contributed by atoms with E-state index in [9.17, 15) is 9.59 Å². The fourth-order valence-electron chi connectivity index (χ4n) is 1.50. The molecule has 106 valence electrons. The first-order valence-corrected chi connectivity index (χ1v) is 6.61. The molecule has 1 N–H and O–H groups in total. The molecule has 3 amide bonds. The highest BCUT2D eigenvalue weighted by Crippen LogP contribution is 2.04. The van der Waals surface area contributed by atoms with Crippen LogP contribution < -0.4 is 5.32 Å². The number of rotatable bonds is 6. The van der Waals surface area contributed by atoms with Gasteiger partial charge >= 0.3 is 6.03 Å². The van der Waals surface area contributed by atoms with Gasteiger partial charge in [0.15, 0.2) is 0 Å². The molecule has 0 aliphatic carbocycles. The number of amides is 3. The molecule has 1 aromatic rings. The minimum atomic E-state index is -0.529. The minimum Gasteiger partial charge on any atom is -0.319 e. The minimum absolute atomic E-state index is 0.0757. The Bertz CT molecular complexity index is 487. The van der Waals surface area contributed by atoms with Crippen molar-refractivity contribution in [2.45, 2.75) is 19.4 Å². The maximum Gasteiger partial charge on any atom is 0.324 e. The summed E-state index contributed by atoms with van der Waals surface area (Å²) in [6, 6.07) is 5.02. The largest absolute Gasteiger partial charge is 0.324 e.